The fourth-order valence-corrected chi connectivity index (χ4v) is 3.72. The van der Waals surface area contributed by atoms with Crippen LogP contribution in [0.1, 0.15) is 64.8 Å². The number of amides is 1. The van der Waals surface area contributed by atoms with Crippen LogP contribution in [0.15, 0.2) is 52.9 Å². The Bertz CT molecular complexity index is 1110. The molecule has 0 bridgehead atoms. The Morgan fingerprint density at radius 3 is 2.42 bits per heavy atom. The van der Waals surface area contributed by atoms with Crippen LogP contribution in [0.25, 0.3) is 11.5 Å². The molecule has 0 unspecified atom stereocenters. The Morgan fingerprint density at radius 1 is 1.13 bits per heavy atom. The van der Waals surface area contributed by atoms with Crippen molar-refractivity contribution in [2.24, 2.45) is 0 Å². The molecule has 1 aliphatic rings. The Hall–Kier alpha value is -3.41. The summed E-state index contributed by atoms with van der Waals surface area (Å²) in [6.07, 6.45) is 2.00. The second kappa shape index (κ2) is 8.38. The van der Waals surface area contributed by atoms with Crippen LogP contribution in [0, 0.1) is 6.92 Å². The quantitative estimate of drug-likeness (QED) is 0.503. The van der Waals surface area contributed by atoms with E-state index in [-0.39, 0.29) is 17.9 Å². The highest BCUT2D eigenvalue weighted by Crippen LogP contribution is 2.44. The second-order valence-electron chi connectivity index (χ2n) is 8.13. The van der Waals surface area contributed by atoms with Crippen molar-refractivity contribution in [3.05, 3.63) is 71.1 Å². The summed E-state index contributed by atoms with van der Waals surface area (Å²) >= 11 is 0. The van der Waals surface area contributed by atoms with Gasteiger partial charge >= 0.3 is 5.97 Å². The molecule has 0 radical (unpaired) electrons. The summed E-state index contributed by atoms with van der Waals surface area (Å²) in [5.41, 5.74) is 3.21. The number of ether oxygens (including phenoxy) is 1. The molecular weight excluding hydrogens is 392 g/mol. The molecule has 160 valence electrons. The third-order valence-corrected chi connectivity index (χ3v) is 5.44. The molecule has 2 aromatic carbocycles. The van der Waals surface area contributed by atoms with E-state index in [2.05, 4.69) is 4.98 Å². The maximum absolute atomic E-state index is 13.7. The maximum Gasteiger partial charge on any atom is 0.337 e. The minimum absolute atomic E-state index is 0.112. The van der Waals surface area contributed by atoms with Crippen LogP contribution in [-0.4, -0.2) is 30.0 Å². The van der Waals surface area contributed by atoms with E-state index in [0.717, 1.165) is 29.7 Å². The summed E-state index contributed by atoms with van der Waals surface area (Å²) in [4.78, 5) is 31.9. The lowest BCUT2D eigenvalue weighted by Crippen LogP contribution is -2.38. The van der Waals surface area contributed by atoms with Crippen LogP contribution < -0.4 is 4.90 Å². The third-order valence-electron chi connectivity index (χ3n) is 5.44. The summed E-state index contributed by atoms with van der Waals surface area (Å²) < 4.78 is 10.9. The number of aromatic nitrogens is 1. The molecule has 1 heterocycles. The van der Waals surface area contributed by atoms with Crippen LogP contribution in [-0.2, 0) is 4.74 Å². The number of hydrogen-bond donors (Lipinski definition) is 0. The zero-order valence-electron chi connectivity index (χ0n) is 18.2. The molecule has 1 saturated carbocycles. The van der Waals surface area contributed by atoms with Crippen molar-refractivity contribution in [2.75, 3.05) is 12.0 Å². The first-order chi connectivity index (χ1) is 14.9. The predicted octanol–water partition coefficient (Wildman–Crippen LogP) is 5.37. The molecule has 0 atom stereocenters. The summed E-state index contributed by atoms with van der Waals surface area (Å²) in [5, 5.41) is 0. The number of methoxy groups -OCH3 is 1. The van der Waals surface area contributed by atoms with Crippen molar-refractivity contribution in [1.29, 1.82) is 0 Å². The van der Waals surface area contributed by atoms with Gasteiger partial charge in [0.15, 0.2) is 5.69 Å². The SMILES string of the molecule is COC(=O)c1ccc(N(C(=O)c2nc(-c3ccccc3)oc2C2CC2)C(C)C)c(C)c1. The van der Waals surface area contributed by atoms with E-state index in [1.165, 1.54) is 7.11 Å². The number of esters is 1. The maximum atomic E-state index is 13.7. The van der Waals surface area contributed by atoms with E-state index in [4.69, 9.17) is 9.15 Å². The number of aryl methyl sites for hydroxylation is 1. The van der Waals surface area contributed by atoms with Crippen molar-refractivity contribution < 1.29 is 18.7 Å². The topological polar surface area (TPSA) is 72.6 Å². The van der Waals surface area contributed by atoms with E-state index < -0.39 is 5.97 Å². The lowest BCUT2D eigenvalue weighted by atomic mass is 10.1. The highest BCUT2D eigenvalue weighted by Gasteiger charge is 2.36. The van der Waals surface area contributed by atoms with Crippen LogP contribution in [0.4, 0.5) is 5.69 Å². The number of oxazole rings is 1. The van der Waals surface area contributed by atoms with Gasteiger partial charge in [-0.25, -0.2) is 9.78 Å². The van der Waals surface area contributed by atoms with E-state index >= 15 is 0 Å². The average Bonchev–Trinajstić information content (AvgIpc) is 3.52. The Balaban J connectivity index is 1.75. The molecule has 6 heteroatoms. The van der Waals surface area contributed by atoms with E-state index in [9.17, 15) is 9.59 Å². The highest BCUT2D eigenvalue weighted by molar-refractivity contribution is 6.07. The molecule has 4 rings (SSSR count). The zero-order chi connectivity index (χ0) is 22.1. The first-order valence-corrected chi connectivity index (χ1v) is 10.5. The minimum Gasteiger partial charge on any atom is -0.465 e. The first-order valence-electron chi connectivity index (χ1n) is 10.5. The molecule has 6 nitrogen and oxygen atoms in total. The van der Waals surface area contributed by atoms with Crippen molar-refractivity contribution in [1.82, 2.24) is 4.98 Å². The largest absolute Gasteiger partial charge is 0.465 e. The summed E-state index contributed by atoms with van der Waals surface area (Å²) in [5.74, 6) is 0.764. The fourth-order valence-electron chi connectivity index (χ4n) is 3.72. The van der Waals surface area contributed by atoms with Gasteiger partial charge in [-0.05, 0) is 69.5 Å². The monoisotopic (exact) mass is 418 g/mol. The number of benzene rings is 2. The third kappa shape index (κ3) is 4.10. The molecule has 0 spiro atoms. The Labute approximate surface area is 181 Å². The fraction of sp³-hybridized carbons (Fsp3) is 0.320. The number of carbonyl (C=O) groups is 2. The van der Waals surface area contributed by atoms with Gasteiger partial charge in [0.1, 0.15) is 5.76 Å². The van der Waals surface area contributed by atoms with Gasteiger partial charge in [-0.15, -0.1) is 0 Å². The predicted molar refractivity (Wildman–Crippen MR) is 118 cm³/mol. The van der Waals surface area contributed by atoms with Crippen LogP contribution in [0.5, 0.6) is 0 Å². The number of nitrogens with zero attached hydrogens (tertiary/aromatic N) is 2. The van der Waals surface area contributed by atoms with Gasteiger partial charge in [-0.1, -0.05) is 18.2 Å². The lowest BCUT2D eigenvalue weighted by Gasteiger charge is -2.28. The van der Waals surface area contributed by atoms with Crippen LogP contribution in [0.3, 0.4) is 0 Å². The molecule has 0 aliphatic heterocycles. The van der Waals surface area contributed by atoms with Crippen molar-refractivity contribution >= 4 is 17.6 Å². The molecule has 0 N–H and O–H groups in total. The van der Waals surface area contributed by atoms with Crippen molar-refractivity contribution in [3.8, 4) is 11.5 Å². The van der Waals surface area contributed by atoms with Crippen molar-refractivity contribution in [3.63, 3.8) is 0 Å². The second-order valence-corrected chi connectivity index (χ2v) is 8.13. The van der Waals surface area contributed by atoms with Crippen molar-refractivity contribution in [2.45, 2.75) is 45.6 Å². The smallest absolute Gasteiger partial charge is 0.337 e. The summed E-state index contributed by atoms with van der Waals surface area (Å²) in [6.45, 7) is 5.80. The summed E-state index contributed by atoms with van der Waals surface area (Å²) in [7, 11) is 1.35. The van der Waals surface area contributed by atoms with E-state index in [1.54, 1.807) is 23.1 Å². The van der Waals surface area contributed by atoms with Gasteiger partial charge in [-0.3, -0.25) is 4.79 Å². The molecule has 1 aliphatic carbocycles. The lowest BCUT2D eigenvalue weighted by molar-refractivity contribution is 0.0600. The van der Waals surface area contributed by atoms with Gasteiger partial charge < -0.3 is 14.1 Å². The molecule has 1 fully saturated rings. The number of hydrogen-bond acceptors (Lipinski definition) is 5. The van der Waals surface area contributed by atoms with Gasteiger partial charge in [0, 0.05) is 23.2 Å². The van der Waals surface area contributed by atoms with Gasteiger partial charge in [0.05, 0.1) is 12.7 Å². The van der Waals surface area contributed by atoms with E-state index in [0.29, 0.717) is 22.9 Å². The Kier molecular flexibility index (Phi) is 5.63. The molecule has 1 amide bonds. The van der Waals surface area contributed by atoms with Gasteiger partial charge in [0.25, 0.3) is 5.91 Å². The zero-order valence-corrected chi connectivity index (χ0v) is 18.2. The van der Waals surface area contributed by atoms with Crippen LogP contribution in [0.2, 0.25) is 0 Å². The van der Waals surface area contributed by atoms with Gasteiger partial charge in [-0.2, -0.15) is 0 Å². The number of anilines is 1. The Morgan fingerprint density at radius 2 is 1.84 bits per heavy atom. The normalized spacial score (nSPS) is 13.3. The number of rotatable bonds is 6. The van der Waals surface area contributed by atoms with E-state index in [1.807, 2.05) is 51.1 Å². The molecular formula is C25H26N2O4. The average molecular weight is 418 g/mol. The van der Waals surface area contributed by atoms with Gasteiger partial charge in [0.2, 0.25) is 5.89 Å². The molecule has 1 aromatic heterocycles. The molecule has 0 saturated heterocycles. The standard InChI is InChI=1S/C25H26N2O4/c1-15(2)27(20-13-12-19(14-16(20)3)25(29)30-4)24(28)21-22(17-10-11-17)31-23(26-21)18-8-6-5-7-9-18/h5-9,12-15,17H,10-11H2,1-4H3. The molecule has 31 heavy (non-hydrogen) atoms. The first kappa shape index (κ1) is 20.8. The molecule has 3 aromatic rings. The highest BCUT2D eigenvalue weighted by atomic mass is 16.5. The minimum atomic E-state index is -0.405. The number of carbonyl (C=O) groups excluding carboxylic acids is 2. The summed E-state index contributed by atoms with van der Waals surface area (Å²) in [6, 6.07) is 14.7. The van der Waals surface area contributed by atoms with Crippen LogP contribution >= 0.6 is 0 Å².